The molecule has 1 saturated heterocycles. The number of rotatable bonds is 2. The molecule has 3 nitrogen and oxygen atoms in total. The van der Waals surface area contributed by atoms with Gasteiger partial charge in [0.1, 0.15) is 0 Å². The Balaban J connectivity index is 3.39. The lowest BCUT2D eigenvalue weighted by atomic mass is 10.2. The average Bonchev–Trinajstić information content (AvgIpc) is 2.23. The Morgan fingerprint density at radius 1 is 0.909 bits per heavy atom. The summed E-state index contributed by atoms with van der Waals surface area (Å²) in [4.78, 5) is 0. The van der Waals surface area contributed by atoms with Gasteiger partial charge in [-0.15, -0.1) is 0 Å². The van der Waals surface area contributed by atoms with Crippen LogP contribution in [0.3, 0.4) is 0 Å². The first kappa shape index (κ1) is 18.7. The maximum absolute atomic E-state index is 13.7. The number of hydrogen-bond acceptors (Lipinski definition) is 3. The highest BCUT2D eigenvalue weighted by molar-refractivity contribution is 4.98. The standard InChI is InChI=1S/C8H3F11O3/c1-4(12)8(19,20-3(11)2(9)10)22-5(13,6(14,15)16)7(17,18)21-4/h1H3. The van der Waals surface area contributed by atoms with E-state index in [1.54, 1.807) is 0 Å². The van der Waals surface area contributed by atoms with Crippen LogP contribution in [0.2, 0.25) is 0 Å². The molecule has 0 aliphatic carbocycles. The Kier molecular flexibility index (Phi) is 4.12. The monoisotopic (exact) mass is 356 g/mol. The first-order chi connectivity index (χ1) is 9.49. The highest BCUT2D eigenvalue weighted by atomic mass is 19.4. The van der Waals surface area contributed by atoms with E-state index in [0.29, 0.717) is 0 Å². The van der Waals surface area contributed by atoms with Gasteiger partial charge in [-0.05, 0) is 0 Å². The van der Waals surface area contributed by atoms with Crippen LogP contribution in [0.4, 0.5) is 48.3 Å². The molecule has 0 aromatic rings. The molecule has 1 heterocycles. The summed E-state index contributed by atoms with van der Waals surface area (Å²) in [6, 6.07) is -8.79. The minimum Gasteiger partial charge on any atom is -0.401 e. The molecule has 22 heavy (non-hydrogen) atoms. The molecule has 1 aliphatic heterocycles. The Morgan fingerprint density at radius 3 is 1.73 bits per heavy atom. The molecular formula is C8H3F11O3. The van der Waals surface area contributed by atoms with E-state index < -0.39 is 49.1 Å². The zero-order valence-electron chi connectivity index (χ0n) is 9.88. The fraction of sp³-hybridized carbons (Fsp3) is 0.750. The predicted octanol–water partition coefficient (Wildman–Crippen LogP) is 4.21. The van der Waals surface area contributed by atoms with Crippen molar-refractivity contribution in [1.29, 1.82) is 0 Å². The summed E-state index contributed by atoms with van der Waals surface area (Å²) in [5.41, 5.74) is 0. The van der Waals surface area contributed by atoms with E-state index in [1.165, 1.54) is 0 Å². The molecule has 1 fully saturated rings. The van der Waals surface area contributed by atoms with Gasteiger partial charge in [-0.1, -0.05) is 0 Å². The molecule has 0 amide bonds. The number of halogens is 11. The van der Waals surface area contributed by atoms with Crippen LogP contribution >= 0.6 is 0 Å². The van der Waals surface area contributed by atoms with Crippen LogP contribution in [0.1, 0.15) is 6.92 Å². The van der Waals surface area contributed by atoms with Gasteiger partial charge in [-0.2, -0.15) is 43.9 Å². The van der Waals surface area contributed by atoms with Crippen LogP contribution in [0, 0.1) is 0 Å². The molecule has 0 spiro atoms. The SMILES string of the molecule is CC1(F)OC(F)(F)C(F)(C(F)(F)F)OC1(F)OC(F)=C(F)F. The Morgan fingerprint density at radius 2 is 1.36 bits per heavy atom. The lowest BCUT2D eigenvalue weighted by molar-refractivity contribution is -0.605. The number of alkyl halides is 8. The van der Waals surface area contributed by atoms with Crippen molar-refractivity contribution in [2.75, 3.05) is 0 Å². The zero-order valence-corrected chi connectivity index (χ0v) is 9.88. The normalized spacial score (nSPS) is 38.5. The summed E-state index contributed by atoms with van der Waals surface area (Å²) in [5.74, 6) is -11.2. The quantitative estimate of drug-likeness (QED) is 0.548. The van der Waals surface area contributed by atoms with Gasteiger partial charge in [0.05, 0.1) is 0 Å². The summed E-state index contributed by atoms with van der Waals surface area (Å²) in [5, 5.41) is 0. The van der Waals surface area contributed by atoms with Crippen LogP contribution in [-0.4, -0.2) is 30.0 Å². The topological polar surface area (TPSA) is 27.7 Å². The van der Waals surface area contributed by atoms with Gasteiger partial charge in [-0.25, -0.2) is 4.39 Å². The molecule has 3 atom stereocenters. The molecule has 0 radical (unpaired) electrons. The lowest BCUT2D eigenvalue weighted by Gasteiger charge is -2.47. The fourth-order valence-electron chi connectivity index (χ4n) is 1.19. The predicted molar refractivity (Wildman–Crippen MR) is 41.8 cm³/mol. The van der Waals surface area contributed by atoms with E-state index >= 15 is 0 Å². The van der Waals surface area contributed by atoms with Gasteiger partial charge in [-0.3, -0.25) is 9.47 Å². The van der Waals surface area contributed by atoms with Crippen molar-refractivity contribution >= 4 is 0 Å². The van der Waals surface area contributed by atoms with Gasteiger partial charge in [0, 0.05) is 6.92 Å². The third-order valence-corrected chi connectivity index (χ3v) is 2.23. The summed E-state index contributed by atoms with van der Waals surface area (Å²) in [6.45, 7) is -0.430. The maximum atomic E-state index is 13.7. The Bertz CT molecular complexity index is 482. The van der Waals surface area contributed by atoms with Crippen molar-refractivity contribution in [2.45, 2.75) is 37.0 Å². The molecule has 0 aromatic carbocycles. The molecule has 14 heteroatoms. The highest BCUT2D eigenvalue weighted by Crippen LogP contribution is 2.57. The second-order valence-electron chi connectivity index (χ2n) is 3.90. The number of hydrogen-bond donors (Lipinski definition) is 0. The minimum atomic E-state index is -6.73. The summed E-state index contributed by atoms with van der Waals surface area (Å²) >= 11 is 0. The highest BCUT2D eigenvalue weighted by Gasteiger charge is 2.85. The Labute approximate surface area is 113 Å². The zero-order chi connectivity index (χ0) is 17.8. The van der Waals surface area contributed by atoms with Gasteiger partial charge >= 0.3 is 42.1 Å². The van der Waals surface area contributed by atoms with Crippen LogP contribution in [0.15, 0.2) is 12.1 Å². The molecule has 0 aromatic heterocycles. The van der Waals surface area contributed by atoms with Gasteiger partial charge in [0.15, 0.2) is 0 Å². The molecule has 0 saturated carbocycles. The Hall–Kier alpha value is -1.31. The molecule has 0 bridgehead atoms. The fourth-order valence-corrected chi connectivity index (χ4v) is 1.19. The van der Waals surface area contributed by atoms with Crippen molar-refractivity contribution in [3.05, 3.63) is 12.1 Å². The molecule has 1 aliphatic rings. The summed E-state index contributed by atoms with van der Waals surface area (Å²) in [6.07, 6.45) is -16.4. The van der Waals surface area contributed by atoms with Crippen molar-refractivity contribution in [2.24, 2.45) is 0 Å². The van der Waals surface area contributed by atoms with E-state index in [9.17, 15) is 48.3 Å². The van der Waals surface area contributed by atoms with E-state index in [0.717, 1.165) is 0 Å². The van der Waals surface area contributed by atoms with Gasteiger partial charge in [0.25, 0.3) is 0 Å². The summed E-state index contributed by atoms with van der Waals surface area (Å²) < 4.78 is 147. The second-order valence-corrected chi connectivity index (χ2v) is 3.90. The lowest BCUT2D eigenvalue weighted by Crippen LogP contribution is -2.72. The van der Waals surface area contributed by atoms with Crippen LogP contribution in [-0.2, 0) is 14.2 Å². The average molecular weight is 356 g/mol. The summed E-state index contributed by atoms with van der Waals surface area (Å²) in [7, 11) is 0. The molecular weight excluding hydrogens is 353 g/mol. The first-order valence-corrected chi connectivity index (χ1v) is 4.80. The van der Waals surface area contributed by atoms with E-state index in [-0.39, 0.29) is 0 Å². The van der Waals surface area contributed by atoms with Gasteiger partial charge in [0.2, 0.25) is 0 Å². The van der Waals surface area contributed by atoms with Crippen molar-refractivity contribution in [3.63, 3.8) is 0 Å². The first-order valence-electron chi connectivity index (χ1n) is 4.80. The third kappa shape index (κ3) is 2.68. The van der Waals surface area contributed by atoms with Crippen molar-refractivity contribution < 1.29 is 62.5 Å². The number of ether oxygens (including phenoxy) is 3. The van der Waals surface area contributed by atoms with Crippen LogP contribution in [0.5, 0.6) is 0 Å². The second kappa shape index (κ2) is 4.84. The molecule has 3 unspecified atom stereocenters. The maximum Gasteiger partial charge on any atom is 0.458 e. The van der Waals surface area contributed by atoms with E-state index in [4.69, 9.17) is 0 Å². The van der Waals surface area contributed by atoms with E-state index in [2.05, 4.69) is 14.2 Å². The molecule has 130 valence electrons. The largest absolute Gasteiger partial charge is 0.458 e. The minimum absolute atomic E-state index is 0.430. The van der Waals surface area contributed by atoms with E-state index in [1.807, 2.05) is 0 Å². The van der Waals surface area contributed by atoms with Crippen molar-refractivity contribution in [1.82, 2.24) is 0 Å². The van der Waals surface area contributed by atoms with Crippen LogP contribution in [0.25, 0.3) is 0 Å². The molecule has 1 rings (SSSR count). The smallest absolute Gasteiger partial charge is 0.401 e. The third-order valence-electron chi connectivity index (χ3n) is 2.23. The van der Waals surface area contributed by atoms with Gasteiger partial charge < -0.3 is 4.74 Å². The van der Waals surface area contributed by atoms with Crippen LogP contribution < -0.4 is 0 Å². The molecule has 0 N–H and O–H groups in total. The van der Waals surface area contributed by atoms with Crippen molar-refractivity contribution in [3.8, 4) is 0 Å².